The van der Waals surface area contributed by atoms with Gasteiger partial charge >= 0.3 is 5.97 Å². The van der Waals surface area contributed by atoms with E-state index < -0.39 is 0 Å². The standard InChI is InChI=1S/C10H16N4O2S/c1-16-8(15)5-3-2-4-7-6-17-10(13-7)14-9(11)12/h6H,2-5H2,1H3,(H4,11,12,13,14). The van der Waals surface area contributed by atoms with Crippen molar-refractivity contribution in [2.24, 2.45) is 16.5 Å². The first-order valence-corrected chi connectivity index (χ1v) is 6.10. The number of unbranched alkanes of at least 4 members (excludes halogenated alkanes) is 1. The molecule has 17 heavy (non-hydrogen) atoms. The maximum Gasteiger partial charge on any atom is 0.305 e. The molecule has 1 aromatic rings. The Balaban J connectivity index is 2.30. The highest BCUT2D eigenvalue weighted by atomic mass is 32.1. The molecule has 0 aliphatic carbocycles. The summed E-state index contributed by atoms with van der Waals surface area (Å²) in [4.78, 5) is 19.0. The summed E-state index contributed by atoms with van der Waals surface area (Å²) in [5.74, 6) is -0.166. The van der Waals surface area contributed by atoms with Crippen molar-refractivity contribution in [1.29, 1.82) is 0 Å². The summed E-state index contributed by atoms with van der Waals surface area (Å²) < 4.78 is 4.55. The fourth-order valence-electron chi connectivity index (χ4n) is 1.25. The first-order valence-electron chi connectivity index (χ1n) is 5.22. The number of nitrogens with two attached hydrogens (primary N) is 2. The van der Waals surface area contributed by atoms with Gasteiger partial charge in [0.25, 0.3) is 0 Å². The van der Waals surface area contributed by atoms with Gasteiger partial charge < -0.3 is 16.2 Å². The van der Waals surface area contributed by atoms with Crippen LogP contribution in [-0.4, -0.2) is 24.0 Å². The third-order valence-electron chi connectivity index (χ3n) is 2.06. The molecule has 94 valence electrons. The molecule has 6 nitrogen and oxygen atoms in total. The predicted molar refractivity (Wildman–Crippen MR) is 67.2 cm³/mol. The number of hydrogen-bond donors (Lipinski definition) is 2. The average Bonchev–Trinajstić information content (AvgIpc) is 2.70. The Morgan fingerprint density at radius 3 is 2.94 bits per heavy atom. The van der Waals surface area contributed by atoms with E-state index in [0.717, 1.165) is 25.0 Å². The quantitative estimate of drug-likeness (QED) is 0.341. The number of esters is 1. The largest absolute Gasteiger partial charge is 0.469 e. The van der Waals surface area contributed by atoms with Crippen LogP contribution in [0.1, 0.15) is 25.0 Å². The monoisotopic (exact) mass is 256 g/mol. The fraction of sp³-hybridized carbons (Fsp3) is 0.500. The number of methoxy groups -OCH3 is 1. The molecule has 4 N–H and O–H groups in total. The van der Waals surface area contributed by atoms with Gasteiger partial charge in [0.1, 0.15) is 0 Å². The zero-order valence-electron chi connectivity index (χ0n) is 9.68. The van der Waals surface area contributed by atoms with Crippen LogP contribution in [0.3, 0.4) is 0 Å². The van der Waals surface area contributed by atoms with E-state index in [1.54, 1.807) is 0 Å². The summed E-state index contributed by atoms with van der Waals surface area (Å²) in [7, 11) is 1.39. The van der Waals surface area contributed by atoms with Gasteiger partial charge in [-0.3, -0.25) is 4.79 Å². The normalized spacial score (nSPS) is 9.94. The number of rotatable bonds is 6. The van der Waals surface area contributed by atoms with Gasteiger partial charge in [0.2, 0.25) is 5.13 Å². The highest BCUT2D eigenvalue weighted by Gasteiger charge is 2.03. The molecule has 0 aliphatic rings. The van der Waals surface area contributed by atoms with Crippen molar-refractivity contribution in [3.8, 4) is 0 Å². The lowest BCUT2D eigenvalue weighted by atomic mass is 10.1. The van der Waals surface area contributed by atoms with Crippen molar-refractivity contribution in [3.63, 3.8) is 0 Å². The van der Waals surface area contributed by atoms with Crippen LogP contribution in [0.2, 0.25) is 0 Å². The first-order chi connectivity index (χ1) is 8.11. The zero-order valence-corrected chi connectivity index (χ0v) is 10.5. The number of thiazole rings is 1. The third kappa shape index (κ3) is 5.30. The lowest BCUT2D eigenvalue weighted by molar-refractivity contribution is -0.140. The molecule has 0 radical (unpaired) electrons. The van der Waals surface area contributed by atoms with Crippen molar-refractivity contribution in [2.75, 3.05) is 7.11 Å². The summed E-state index contributed by atoms with van der Waals surface area (Å²) in [6, 6.07) is 0. The van der Waals surface area contributed by atoms with Gasteiger partial charge in [-0.15, -0.1) is 11.3 Å². The van der Waals surface area contributed by atoms with Gasteiger partial charge in [-0.25, -0.2) is 4.98 Å². The summed E-state index contributed by atoms with van der Waals surface area (Å²) in [5.41, 5.74) is 11.4. The molecule has 1 heterocycles. The van der Waals surface area contributed by atoms with E-state index in [1.165, 1.54) is 18.4 Å². The molecule has 0 spiro atoms. The Morgan fingerprint density at radius 2 is 2.29 bits per heavy atom. The van der Waals surface area contributed by atoms with Crippen LogP contribution in [0.15, 0.2) is 10.4 Å². The molecule has 0 unspecified atom stereocenters. The van der Waals surface area contributed by atoms with Crippen LogP contribution in [-0.2, 0) is 16.0 Å². The summed E-state index contributed by atoms with van der Waals surface area (Å²) in [6.07, 6.45) is 2.94. The van der Waals surface area contributed by atoms with Crippen LogP contribution in [0, 0.1) is 0 Å². The Bertz CT molecular complexity index is 399. The van der Waals surface area contributed by atoms with Crippen molar-refractivity contribution in [1.82, 2.24) is 4.98 Å². The van der Waals surface area contributed by atoms with E-state index in [1.807, 2.05) is 5.38 Å². The molecular formula is C10H16N4O2S. The number of guanidine groups is 1. The number of carbonyl (C=O) groups is 1. The molecule has 1 aromatic heterocycles. The number of ether oxygens (including phenoxy) is 1. The highest BCUT2D eigenvalue weighted by Crippen LogP contribution is 2.19. The topological polar surface area (TPSA) is 104 Å². The molecule has 0 aromatic carbocycles. The van der Waals surface area contributed by atoms with Crippen LogP contribution in [0.25, 0.3) is 0 Å². The summed E-state index contributed by atoms with van der Waals surface area (Å²) >= 11 is 1.40. The molecule has 0 atom stereocenters. The number of aliphatic imine (C=N–C) groups is 1. The van der Waals surface area contributed by atoms with Crippen molar-refractivity contribution < 1.29 is 9.53 Å². The molecular weight excluding hydrogens is 240 g/mol. The summed E-state index contributed by atoms with van der Waals surface area (Å²) in [5, 5.41) is 2.48. The Labute approximate surface area is 104 Å². The Morgan fingerprint density at radius 1 is 1.53 bits per heavy atom. The number of nitrogens with zero attached hydrogens (tertiary/aromatic N) is 2. The van der Waals surface area contributed by atoms with Crippen LogP contribution in [0.5, 0.6) is 0 Å². The third-order valence-corrected chi connectivity index (χ3v) is 2.84. The SMILES string of the molecule is COC(=O)CCCCc1csc(N=C(N)N)n1. The maximum atomic E-state index is 10.9. The van der Waals surface area contributed by atoms with Gasteiger partial charge in [-0.05, 0) is 19.3 Å². The second-order valence-corrected chi connectivity index (χ2v) is 4.28. The molecule has 7 heteroatoms. The molecule has 1 rings (SSSR count). The van der Waals surface area contributed by atoms with Gasteiger partial charge in [-0.1, -0.05) is 0 Å². The lowest BCUT2D eigenvalue weighted by Crippen LogP contribution is -2.21. The second-order valence-electron chi connectivity index (χ2n) is 3.44. The minimum absolute atomic E-state index is 0.0107. The van der Waals surface area contributed by atoms with E-state index >= 15 is 0 Å². The number of aryl methyl sites for hydroxylation is 1. The molecule has 0 fully saturated rings. The highest BCUT2D eigenvalue weighted by molar-refractivity contribution is 7.13. The Hall–Kier alpha value is -1.63. The number of aromatic nitrogens is 1. The number of carbonyl (C=O) groups excluding carboxylic acids is 1. The second kappa shape index (κ2) is 6.85. The minimum atomic E-state index is -0.176. The van der Waals surface area contributed by atoms with E-state index in [4.69, 9.17) is 11.5 Å². The Kier molecular flexibility index (Phi) is 5.41. The first kappa shape index (κ1) is 13.4. The predicted octanol–water partition coefficient (Wildman–Crippen LogP) is 0.934. The molecule has 0 amide bonds. The maximum absolute atomic E-state index is 10.9. The van der Waals surface area contributed by atoms with Gasteiger partial charge in [-0.2, -0.15) is 4.99 Å². The van der Waals surface area contributed by atoms with E-state index in [-0.39, 0.29) is 11.9 Å². The van der Waals surface area contributed by atoms with E-state index in [2.05, 4.69) is 14.7 Å². The van der Waals surface area contributed by atoms with Crippen LogP contribution < -0.4 is 11.5 Å². The lowest BCUT2D eigenvalue weighted by Gasteiger charge is -1.98. The minimum Gasteiger partial charge on any atom is -0.469 e. The van der Waals surface area contributed by atoms with Gasteiger partial charge in [0, 0.05) is 11.8 Å². The van der Waals surface area contributed by atoms with Crippen molar-refractivity contribution in [2.45, 2.75) is 25.7 Å². The molecule has 0 saturated heterocycles. The summed E-state index contributed by atoms with van der Waals surface area (Å²) in [6.45, 7) is 0. The van der Waals surface area contributed by atoms with Gasteiger partial charge in [0.15, 0.2) is 5.96 Å². The zero-order chi connectivity index (χ0) is 12.7. The fourth-order valence-corrected chi connectivity index (χ4v) is 1.99. The number of hydrogen-bond acceptors (Lipinski definition) is 5. The van der Waals surface area contributed by atoms with Gasteiger partial charge in [0.05, 0.1) is 12.8 Å². The van der Waals surface area contributed by atoms with Crippen molar-refractivity contribution in [3.05, 3.63) is 11.1 Å². The van der Waals surface area contributed by atoms with Crippen LogP contribution in [0.4, 0.5) is 5.13 Å². The van der Waals surface area contributed by atoms with Crippen LogP contribution >= 0.6 is 11.3 Å². The van der Waals surface area contributed by atoms with Crippen molar-refractivity contribution >= 4 is 28.4 Å². The molecule has 0 bridgehead atoms. The average molecular weight is 256 g/mol. The molecule has 0 saturated carbocycles. The van der Waals surface area contributed by atoms with E-state index in [9.17, 15) is 4.79 Å². The van der Waals surface area contributed by atoms with E-state index in [0.29, 0.717) is 11.6 Å². The molecule has 0 aliphatic heterocycles. The smallest absolute Gasteiger partial charge is 0.305 e.